The number of hydrogen-bond acceptors (Lipinski definition) is 9. The minimum absolute atomic E-state index is 0.00816. The Morgan fingerprint density at radius 2 is 2.04 bits per heavy atom. The van der Waals surface area contributed by atoms with Gasteiger partial charge in [0.2, 0.25) is 16.9 Å². The minimum atomic E-state index is -0.459. The third-order valence-electron chi connectivity index (χ3n) is 3.19. The highest BCUT2D eigenvalue weighted by Crippen LogP contribution is 2.33. The van der Waals surface area contributed by atoms with E-state index in [2.05, 4.69) is 25.7 Å². The Balaban J connectivity index is 1.76. The Bertz CT molecular complexity index is 845. The average molecular weight is 347 g/mol. The van der Waals surface area contributed by atoms with E-state index in [0.29, 0.717) is 29.0 Å². The quantitative estimate of drug-likeness (QED) is 0.375. The second-order valence-electron chi connectivity index (χ2n) is 4.79. The lowest BCUT2D eigenvalue weighted by Gasteiger charge is -2.05. The van der Waals surface area contributed by atoms with Gasteiger partial charge in [0.1, 0.15) is 0 Å². The molecule has 0 saturated heterocycles. The molecule has 0 aliphatic rings. The van der Waals surface area contributed by atoms with Crippen LogP contribution in [0.1, 0.15) is 25.0 Å². The van der Waals surface area contributed by atoms with Gasteiger partial charge >= 0.3 is 0 Å². The lowest BCUT2D eigenvalue weighted by atomic mass is 10.2. The van der Waals surface area contributed by atoms with Gasteiger partial charge < -0.3 is 4.42 Å². The van der Waals surface area contributed by atoms with Gasteiger partial charge in [0, 0.05) is 24.2 Å². The van der Waals surface area contributed by atoms with Crippen molar-refractivity contribution in [3.05, 3.63) is 40.3 Å². The molecule has 1 aromatic carbocycles. The van der Waals surface area contributed by atoms with Crippen LogP contribution in [-0.4, -0.2) is 35.3 Å². The van der Waals surface area contributed by atoms with Crippen LogP contribution in [0.15, 0.2) is 33.8 Å². The van der Waals surface area contributed by atoms with Crippen LogP contribution in [0.2, 0.25) is 0 Å². The number of nitrogens with zero attached hydrogens (tertiary/aromatic N) is 7. The normalized spacial score (nSPS) is 12.2. The highest BCUT2D eigenvalue weighted by molar-refractivity contribution is 7.99. The summed E-state index contributed by atoms with van der Waals surface area (Å²) in [6.45, 7) is 4.52. The molecular weight excluding hydrogens is 334 g/mol. The first-order chi connectivity index (χ1) is 11.6. The van der Waals surface area contributed by atoms with E-state index in [1.165, 1.54) is 23.9 Å². The summed E-state index contributed by atoms with van der Waals surface area (Å²) in [5.74, 6) is 0.737. The van der Waals surface area contributed by atoms with Crippen molar-refractivity contribution in [1.82, 2.24) is 30.4 Å². The molecule has 0 amide bonds. The largest absolute Gasteiger partial charge is 0.419 e. The first-order valence-electron chi connectivity index (χ1n) is 7.09. The van der Waals surface area contributed by atoms with Crippen LogP contribution in [0, 0.1) is 10.1 Å². The van der Waals surface area contributed by atoms with Crippen molar-refractivity contribution < 1.29 is 9.34 Å². The van der Waals surface area contributed by atoms with E-state index in [0.717, 1.165) is 0 Å². The molecule has 0 aliphatic carbocycles. The summed E-state index contributed by atoms with van der Waals surface area (Å²) in [5, 5.41) is 30.7. The monoisotopic (exact) mass is 347 g/mol. The van der Waals surface area contributed by atoms with Gasteiger partial charge in [-0.2, -0.15) is 0 Å². The van der Waals surface area contributed by atoms with Gasteiger partial charge in [-0.1, -0.05) is 11.8 Å². The maximum Gasteiger partial charge on any atom is 0.269 e. The number of nitro groups is 1. The van der Waals surface area contributed by atoms with Crippen LogP contribution in [0.3, 0.4) is 0 Å². The molecule has 24 heavy (non-hydrogen) atoms. The lowest BCUT2D eigenvalue weighted by molar-refractivity contribution is -0.384. The third kappa shape index (κ3) is 3.25. The first kappa shape index (κ1) is 16.1. The van der Waals surface area contributed by atoms with Crippen LogP contribution in [0.4, 0.5) is 5.69 Å². The smallest absolute Gasteiger partial charge is 0.269 e. The molecule has 3 rings (SSSR count). The average Bonchev–Trinajstić information content (AvgIpc) is 3.24. The number of hydrogen-bond donors (Lipinski definition) is 0. The molecule has 0 spiro atoms. The highest BCUT2D eigenvalue weighted by Gasteiger charge is 2.19. The van der Waals surface area contributed by atoms with E-state index in [4.69, 9.17) is 4.42 Å². The summed E-state index contributed by atoms with van der Waals surface area (Å²) in [6.07, 6.45) is 0. The minimum Gasteiger partial charge on any atom is -0.419 e. The number of aromatic nitrogens is 6. The van der Waals surface area contributed by atoms with Crippen molar-refractivity contribution in [3.63, 3.8) is 0 Å². The van der Waals surface area contributed by atoms with Crippen LogP contribution in [-0.2, 0) is 6.54 Å². The number of tetrazole rings is 1. The van der Waals surface area contributed by atoms with E-state index < -0.39 is 4.92 Å². The van der Waals surface area contributed by atoms with Crippen molar-refractivity contribution in [2.45, 2.75) is 30.8 Å². The maximum absolute atomic E-state index is 10.7. The lowest BCUT2D eigenvalue weighted by Crippen LogP contribution is -2.00. The zero-order valence-corrected chi connectivity index (χ0v) is 13.7. The molecule has 0 fully saturated rings. The number of aryl methyl sites for hydroxylation is 1. The Morgan fingerprint density at radius 1 is 1.29 bits per heavy atom. The molecule has 0 bridgehead atoms. The van der Waals surface area contributed by atoms with Crippen LogP contribution in [0.25, 0.3) is 11.5 Å². The number of benzene rings is 1. The fourth-order valence-corrected chi connectivity index (χ4v) is 2.81. The fraction of sp³-hybridized carbons (Fsp3) is 0.308. The van der Waals surface area contributed by atoms with E-state index in [1.807, 2.05) is 13.8 Å². The maximum atomic E-state index is 10.7. The summed E-state index contributed by atoms with van der Waals surface area (Å²) >= 11 is 1.41. The van der Waals surface area contributed by atoms with E-state index in [9.17, 15) is 10.1 Å². The molecule has 0 N–H and O–H groups in total. The van der Waals surface area contributed by atoms with Gasteiger partial charge in [-0.3, -0.25) is 10.1 Å². The molecule has 0 aliphatic heterocycles. The summed E-state index contributed by atoms with van der Waals surface area (Å²) < 4.78 is 7.34. The number of thioether (sulfide) groups is 1. The van der Waals surface area contributed by atoms with Crippen molar-refractivity contribution >= 4 is 17.4 Å². The summed E-state index contributed by atoms with van der Waals surface area (Å²) in [5.41, 5.74) is 0.628. The predicted octanol–water partition coefficient (Wildman–Crippen LogP) is 2.50. The number of rotatable bonds is 6. The van der Waals surface area contributed by atoms with Gasteiger partial charge in [-0.05, 0) is 36.4 Å². The van der Waals surface area contributed by atoms with Crippen molar-refractivity contribution in [1.29, 1.82) is 0 Å². The van der Waals surface area contributed by atoms with Crippen molar-refractivity contribution in [2.75, 3.05) is 0 Å². The molecule has 124 valence electrons. The summed E-state index contributed by atoms with van der Waals surface area (Å²) in [7, 11) is 0. The standard InChI is InChI=1S/C13H13N7O3S/c1-3-19-13(16-17-18-19)24-8(2)11-14-15-12(23-11)9-4-6-10(7-5-9)20(21)22/h4-8H,3H2,1-2H3. The first-order valence-corrected chi connectivity index (χ1v) is 7.97. The van der Waals surface area contributed by atoms with Crippen LogP contribution in [0.5, 0.6) is 0 Å². The Hall–Kier alpha value is -2.82. The van der Waals surface area contributed by atoms with Crippen molar-refractivity contribution in [3.8, 4) is 11.5 Å². The van der Waals surface area contributed by atoms with Crippen molar-refractivity contribution in [2.24, 2.45) is 0 Å². The van der Waals surface area contributed by atoms with E-state index >= 15 is 0 Å². The molecule has 2 aromatic heterocycles. The predicted molar refractivity (Wildman–Crippen MR) is 84.2 cm³/mol. The second-order valence-corrected chi connectivity index (χ2v) is 6.09. The Labute approximate surface area is 140 Å². The zero-order valence-electron chi connectivity index (χ0n) is 12.9. The van der Waals surface area contributed by atoms with Gasteiger partial charge in [0.05, 0.1) is 10.2 Å². The Morgan fingerprint density at radius 3 is 2.71 bits per heavy atom. The molecule has 10 nitrogen and oxygen atoms in total. The molecule has 1 unspecified atom stereocenters. The Kier molecular flexibility index (Phi) is 4.51. The van der Waals surface area contributed by atoms with E-state index in [-0.39, 0.29) is 10.9 Å². The van der Waals surface area contributed by atoms with Gasteiger partial charge in [-0.25, -0.2) is 4.68 Å². The highest BCUT2D eigenvalue weighted by atomic mass is 32.2. The molecule has 2 heterocycles. The number of nitro benzene ring substituents is 1. The molecular formula is C13H13N7O3S. The third-order valence-corrected chi connectivity index (χ3v) is 4.25. The molecule has 11 heteroatoms. The van der Waals surface area contributed by atoms with Crippen LogP contribution < -0.4 is 0 Å². The summed E-state index contributed by atoms with van der Waals surface area (Å²) in [4.78, 5) is 10.2. The zero-order chi connectivity index (χ0) is 17.1. The molecule has 1 atom stereocenters. The van der Waals surface area contributed by atoms with Crippen LogP contribution >= 0.6 is 11.8 Å². The number of non-ortho nitro benzene ring substituents is 1. The SMILES string of the molecule is CCn1nnnc1SC(C)c1nnc(-c2ccc([N+](=O)[O-])cc2)o1. The second kappa shape index (κ2) is 6.74. The van der Waals surface area contributed by atoms with Gasteiger partial charge in [0.15, 0.2) is 0 Å². The summed E-state index contributed by atoms with van der Waals surface area (Å²) in [6, 6.07) is 5.94. The molecule has 0 saturated carbocycles. The topological polar surface area (TPSA) is 126 Å². The fourth-order valence-electron chi connectivity index (χ4n) is 1.93. The molecule has 0 radical (unpaired) electrons. The van der Waals surface area contributed by atoms with E-state index in [1.54, 1.807) is 16.8 Å². The van der Waals surface area contributed by atoms with Gasteiger partial charge in [0.25, 0.3) is 5.69 Å². The van der Waals surface area contributed by atoms with Gasteiger partial charge in [-0.15, -0.1) is 15.3 Å². The molecule has 3 aromatic rings.